The zero-order valence-corrected chi connectivity index (χ0v) is 15.8. The van der Waals surface area contributed by atoms with Crippen molar-refractivity contribution in [2.24, 2.45) is 0 Å². The number of carbonyl (C=O) groups excluding carboxylic acids is 1. The Labute approximate surface area is 160 Å². The van der Waals surface area contributed by atoms with Crippen LogP contribution < -0.4 is 11.1 Å². The van der Waals surface area contributed by atoms with Gasteiger partial charge in [0.2, 0.25) is 0 Å². The molecule has 0 saturated heterocycles. The number of nitrogens with two attached hydrogens (primary N) is 1. The summed E-state index contributed by atoms with van der Waals surface area (Å²) in [5, 5.41) is 3.80. The molecule has 27 heavy (non-hydrogen) atoms. The number of para-hydroxylation sites is 1. The van der Waals surface area contributed by atoms with Crippen molar-refractivity contribution in [1.82, 2.24) is 9.97 Å². The molecule has 0 bridgehead atoms. The quantitative estimate of drug-likeness (QED) is 0.539. The largest absolute Gasteiger partial charge is 0.383 e. The third-order valence-corrected chi connectivity index (χ3v) is 5.59. The summed E-state index contributed by atoms with van der Waals surface area (Å²) in [6, 6.07) is 16.6. The zero-order chi connectivity index (χ0) is 19.0. The van der Waals surface area contributed by atoms with E-state index in [0.717, 1.165) is 27.0 Å². The van der Waals surface area contributed by atoms with Gasteiger partial charge in [0, 0.05) is 21.7 Å². The fourth-order valence-electron chi connectivity index (χ4n) is 2.91. The SMILES string of the molecule is Cc1sc2nc(-c3ccc(C(=O)Nc4ccccc4)cc3)nc(N)c2c1C. The average molecular weight is 374 g/mol. The Morgan fingerprint density at radius 3 is 2.41 bits per heavy atom. The van der Waals surface area contributed by atoms with Crippen molar-refractivity contribution in [3.8, 4) is 11.4 Å². The Balaban J connectivity index is 1.62. The van der Waals surface area contributed by atoms with E-state index in [9.17, 15) is 4.79 Å². The second kappa shape index (κ2) is 6.81. The number of aryl methyl sites for hydroxylation is 2. The van der Waals surface area contributed by atoms with Crippen LogP contribution in [-0.2, 0) is 0 Å². The van der Waals surface area contributed by atoms with E-state index in [1.807, 2.05) is 49.4 Å². The maximum absolute atomic E-state index is 12.4. The van der Waals surface area contributed by atoms with Crippen molar-refractivity contribution in [1.29, 1.82) is 0 Å². The Morgan fingerprint density at radius 1 is 1.00 bits per heavy atom. The molecule has 0 atom stereocenters. The van der Waals surface area contributed by atoms with Crippen LogP contribution in [0.1, 0.15) is 20.8 Å². The first-order chi connectivity index (χ1) is 13.0. The van der Waals surface area contributed by atoms with Crippen molar-refractivity contribution in [3.05, 3.63) is 70.6 Å². The van der Waals surface area contributed by atoms with Crippen molar-refractivity contribution < 1.29 is 4.79 Å². The third kappa shape index (κ3) is 3.27. The Morgan fingerprint density at radius 2 is 1.70 bits per heavy atom. The van der Waals surface area contributed by atoms with Crippen molar-refractivity contribution in [2.45, 2.75) is 13.8 Å². The molecule has 1 amide bonds. The summed E-state index contributed by atoms with van der Waals surface area (Å²) in [6.45, 7) is 4.09. The van der Waals surface area contributed by atoms with E-state index >= 15 is 0 Å². The molecule has 2 aromatic heterocycles. The summed E-state index contributed by atoms with van der Waals surface area (Å²) in [6.07, 6.45) is 0. The first kappa shape index (κ1) is 17.2. The first-order valence-electron chi connectivity index (χ1n) is 8.53. The lowest BCUT2D eigenvalue weighted by atomic mass is 10.1. The minimum atomic E-state index is -0.159. The summed E-state index contributed by atoms with van der Waals surface area (Å²) in [4.78, 5) is 23.6. The second-order valence-corrected chi connectivity index (χ2v) is 7.50. The van der Waals surface area contributed by atoms with Gasteiger partial charge in [0.05, 0.1) is 5.39 Å². The normalized spacial score (nSPS) is 10.9. The van der Waals surface area contributed by atoms with Gasteiger partial charge >= 0.3 is 0 Å². The molecule has 0 unspecified atom stereocenters. The topological polar surface area (TPSA) is 80.9 Å². The number of hydrogen-bond acceptors (Lipinski definition) is 5. The van der Waals surface area contributed by atoms with Crippen molar-refractivity contribution in [2.75, 3.05) is 11.1 Å². The van der Waals surface area contributed by atoms with E-state index in [-0.39, 0.29) is 5.91 Å². The molecule has 0 fully saturated rings. The molecule has 4 aromatic rings. The van der Waals surface area contributed by atoms with E-state index in [0.29, 0.717) is 17.2 Å². The number of aromatic nitrogens is 2. The van der Waals surface area contributed by atoms with Crippen LogP contribution >= 0.6 is 11.3 Å². The number of hydrogen-bond donors (Lipinski definition) is 2. The minimum absolute atomic E-state index is 0.159. The molecular formula is C21H18N4OS. The molecule has 0 aliphatic rings. The monoisotopic (exact) mass is 374 g/mol. The molecule has 3 N–H and O–H groups in total. The fourth-order valence-corrected chi connectivity index (χ4v) is 3.94. The molecule has 0 radical (unpaired) electrons. The highest BCUT2D eigenvalue weighted by Gasteiger charge is 2.14. The maximum atomic E-state index is 12.4. The summed E-state index contributed by atoms with van der Waals surface area (Å²) < 4.78 is 0. The van der Waals surface area contributed by atoms with Gasteiger partial charge in [-0.1, -0.05) is 30.3 Å². The summed E-state index contributed by atoms with van der Waals surface area (Å²) in [5.41, 5.74) is 9.45. The number of benzene rings is 2. The predicted molar refractivity (Wildman–Crippen MR) is 111 cm³/mol. The van der Waals surface area contributed by atoms with Gasteiger partial charge < -0.3 is 11.1 Å². The van der Waals surface area contributed by atoms with Gasteiger partial charge in [0.15, 0.2) is 5.82 Å². The Kier molecular flexibility index (Phi) is 4.33. The van der Waals surface area contributed by atoms with E-state index in [4.69, 9.17) is 5.73 Å². The lowest BCUT2D eigenvalue weighted by molar-refractivity contribution is 0.102. The number of anilines is 2. The Bertz CT molecular complexity index is 1130. The predicted octanol–water partition coefficient (Wildman–Crippen LogP) is 4.81. The van der Waals surface area contributed by atoms with E-state index in [1.165, 1.54) is 4.88 Å². The van der Waals surface area contributed by atoms with E-state index < -0.39 is 0 Å². The van der Waals surface area contributed by atoms with Gasteiger partial charge in [0.25, 0.3) is 5.91 Å². The van der Waals surface area contributed by atoms with Crippen LogP contribution in [0.4, 0.5) is 11.5 Å². The molecule has 2 aromatic carbocycles. The Hall–Kier alpha value is -3.25. The highest BCUT2D eigenvalue weighted by Crippen LogP contribution is 2.33. The van der Waals surface area contributed by atoms with Crippen LogP contribution in [0.2, 0.25) is 0 Å². The summed E-state index contributed by atoms with van der Waals surface area (Å²) in [7, 11) is 0. The molecule has 0 aliphatic heterocycles. The molecule has 4 rings (SSSR count). The number of rotatable bonds is 3. The van der Waals surface area contributed by atoms with Crippen LogP contribution in [0.3, 0.4) is 0 Å². The van der Waals surface area contributed by atoms with Crippen LogP contribution in [0.15, 0.2) is 54.6 Å². The standard InChI is InChI=1S/C21H18N4OS/c1-12-13(2)27-21-17(12)18(22)24-19(25-21)14-8-10-15(11-9-14)20(26)23-16-6-4-3-5-7-16/h3-11H,1-2H3,(H,23,26)(H2,22,24,25). The number of carbonyl (C=O) groups is 1. The van der Waals surface area contributed by atoms with Crippen LogP contribution in [-0.4, -0.2) is 15.9 Å². The summed E-state index contributed by atoms with van der Waals surface area (Å²) >= 11 is 1.62. The van der Waals surface area contributed by atoms with Gasteiger partial charge in [0.1, 0.15) is 10.6 Å². The van der Waals surface area contributed by atoms with Gasteiger partial charge in [-0.2, -0.15) is 0 Å². The van der Waals surface area contributed by atoms with Crippen LogP contribution in [0, 0.1) is 13.8 Å². The number of amides is 1. The lowest BCUT2D eigenvalue weighted by Gasteiger charge is -2.07. The van der Waals surface area contributed by atoms with Gasteiger partial charge in [-0.05, 0) is 43.7 Å². The third-order valence-electron chi connectivity index (χ3n) is 4.49. The van der Waals surface area contributed by atoms with Crippen molar-refractivity contribution >= 4 is 39.0 Å². The minimum Gasteiger partial charge on any atom is -0.383 e. The highest BCUT2D eigenvalue weighted by atomic mass is 32.1. The molecule has 0 aliphatic carbocycles. The molecule has 6 heteroatoms. The first-order valence-corrected chi connectivity index (χ1v) is 9.34. The van der Waals surface area contributed by atoms with E-state index in [1.54, 1.807) is 23.5 Å². The maximum Gasteiger partial charge on any atom is 0.255 e. The summed E-state index contributed by atoms with van der Waals surface area (Å²) in [5.74, 6) is 0.896. The van der Waals surface area contributed by atoms with Gasteiger partial charge in [-0.25, -0.2) is 9.97 Å². The zero-order valence-electron chi connectivity index (χ0n) is 15.0. The average Bonchev–Trinajstić information content (AvgIpc) is 2.97. The number of fused-ring (bicyclic) bond motifs is 1. The van der Waals surface area contributed by atoms with Crippen molar-refractivity contribution in [3.63, 3.8) is 0 Å². The number of thiophene rings is 1. The molecule has 2 heterocycles. The number of nitrogen functional groups attached to an aromatic ring is 1. The fraction of sp³-hybridized carbons (Fsp3) is 0.0952. The van der Waals surface area contributed by atoms with E-state index in [2.05, 4.69) is 22.2 Å². The van der Waals surface area contributed by atoms with Crippen LogP contribution in [0.5, 0.6) is 0 Å². The highest BCUT2D eigenvalue weighted by molar-refractivity contribution is 7.18. The molecule has 134 valence electrons. The second-order valence-electron chi connectivity index (χ2n) is 6.29. The lowest BCUT2D eigenvalue weighted by Crippen LogP contribution is -2.11. The molecule has 5 nitrogen and oxygen atoms in total. The smallest absolute Gasteiger partial charge is 0.255 e. The number of nitrogens with one attached hydrogen (secondary N) is 1. The van der Waals surface area contributed by atoms with Gasteiger partial charge in [-0.15, -0.1) is 11.3 Å². The molecule has 0 spiro atoms. The molecular weight excluding hydrogens is 356 g/mol. The number of nitrogens with zero attached hydrogens (tertiary/aromatic N) is 2. The van der Waals surface area contributed by atoms with Crippen LogP contribution in [0.25, 0.3) is 21.6 Å². The molecule has 0 saturated carbocycles. The van der Waals surface area contributed by atoms with Gasteiger partial charge in [-0.3, -0.25) is 4.79 Å².